The van der Waals surface area contributed by atoms with Crippen molar-refractivity contribution < 1.29 is 0 Å². The van der Waals surface area contributed by atoms with Crippen LogP contribution in [0.15, 0.2) is 14.4 Å². The molecule has 0 atom stereocenters. The third-order valence-electron chi connectivity index (χ3n) is 2.01. The fourth-order valence-corrected chi connectivity index (χ4v) is 1.95. The number of rotatable bonds is 0. The molecule has 0 saturated carbocycles. The van der Waals surface area contributed by atoms with Gasteiger partial charge in [0.2, 0.25) is 0 Å². The van der Waals surface area contributed by atoms with Crippen molar-refractivity contribution in [3.8, 4) is 0 Å². The van der Waals surface area contributed by atoms with E-state index < -0.39 is 16.1 Å². The smallest absolute Gasteiger partial charge is 0.278 e. The van der Waals surface area contributed by atoms with Gasteiger partial charge in [-0.1, -0.05) is 16.4 Å². The minimum Gasteiger partial charge on any atom is -0.278 e. The number of hydrogen-bond acceptors (Lipinski definition) is 6. The first kappa shape index (κ1) is 9.71. The molecule has 0 N–H and O–H groups in total. The van der Waals surface area contributed by atoms with E-state index in [1.54, 1.807) is 0 Å². The molecule has 0 aliphatic rings. The average Bonchev–Trinajstić information content (AvgIpc) is 2.23. The van der Waals surface area contributed by atoms with Gasteiger partial charge in [0, 0.05) is 14.1 Å². The van der Waals surface area contributed by atoms with Gasteiger partial charge in [-0.05, 0) is 0 Å². The highest BCUT2D eigenvalue weighted by Crippen LogP contribution is 2.02. The molecule has 15 heavy (non-hydrogen) atoms. The quantitative estimate of drug-likeness (QED) is 0.542. The highest BCUT2D eigenvalue weighted by molar-refractivity contribution is 7.15. The minimum atomic E-state index is -0.557. The van der Waals surface area contributed by atoms with Crippen molar-refractivity contribution in [2.24, 2.45) is 14.1 Å². The Morgan fingerprint density at radius 2 is 1.73 bits per heavy atom. The third kappa shape index (κ3) is 1.30. The second-order valence-corrected chi connectivity index (χ2v) is 3.89. The van der Waals surface area contributed by atoms with Crippen LogP contribution in [-0.2, 0) is 14.1 Å². The largest absolute Gasteiger partial charge is 0.345 e. The Hall–Kier alpha value is -1.83. The zero-order chi connectivity index (χ0) is 11.2. The lowest BCUT2D eigenvalue weighted by atomic mass is 10.6. The van der Waals surface area contributed by atoms with E-state index in [2.05, 4.69) is 10.2 Å². The van der Waals surface area contributed by atoms with Crippen molar-refractivity contribution in [3.63, 3.8) is 0 Å². The average molecular weight is 226 g/mol. The van der Waals surface area contributed by atoms with E-state index in [0.29, 0.717) is 11.3 Å². The number of fused-ring (bicyclic) bond motifs is 1. The second kappa shape index (κ2) is 3.09. The Bertz CT molecular complexity index is 711. The molecular formula is C7H6N4O3S. The molecule has 0 radical (unpaired) electrons. The number of nitrogens with zero attached hydrogens (tertiary/aromatic N) is 4. The molecule has 0 unspecified atom stereocenters. The van der Waals surface area contributed by atoms with Crippen LogP contribution in [0.4, 0.5) is 0 Å². The molecule has 2 heterocycles. The molecular weight excluding hydrogens is 220 g/mol. The first-order valence-electron chi connectivity index (χ1n) is 3.96. The second-order valence-electron chi connectivity index (χ2n) is 2.93. The molecule has 0 aliphatic heterocycles. The standard InChI is InChI=1S/C7H6N4O3S/c1-10-4-3(15-6(13)9-8-4)5(12)11(2)7(10)14/h1-2H3. The lowest BCUT2D eigenvalue weighted by molar-refractivity contribution is 0.705. The van der Waals surface area contributed by atoms with E-state index in [1.165, 1.54) is 18.7 Å². The highest BCUT2D eigenvalue weighted by atomic mass is 32.1. The van der Waals surface area contributed by atoms with Gasteiger partial charge in [0.1, 0.15) is 4.70 Å². The molecule has 78 valence electrons. The first-order chi connectivity index (χ1) is 7.02. The predicted molar refractivity (Wildman–Crippen MR) is 54.2 cm³/mol. The Morgan fingerprint density at radius 1 is 1.07 bits per heavy atom. The van der Waals surface area contributed by atoms with E-state index in [4.69, 9.17) is 0 Å². The fourth-order valence-electron chi connectivity index (χ4n) is 1.20. The van der Waals surface area contributed by atoms with Crippen molar-refractivity contribution in [3.05, 3.63) is 30.5 Å². The molecule has 2 aromatic heterocycles. The van der Waals surface area contributed by atoms with E-state index in [-0.39, 0.29) is 10.3 Å². The van der Waals surface area contributed by atoms with Gasteiger partial charge in [-0.2, -0.15) is 0 Å². The molecule has 0 bridgehead atoms. The first-order valence-corrected chi connectivity index (χ1v) is 4.77. The van der Waals surface area contributed by atoms with E-state index >= 15 is 0 Å². The van der Waals surface area contributed by atoms with Crippen LogP contribution >= 0.6 is 11.3 Å². The molecule has 2 rings (SSSR count). The molecule has 0 saturated heterocycles. The molecule has 0 aromatic carbocycles. The maximum atomic E-state index is 11.6. The fraction of sp³-hybridized carbons (Fsp3) is 0.286. The summed E-state index contributed by atoms with van der Waals surface area (Å²) in [6.45, 7) is 0. The summed E-state index contributed by atoms with van der Waals surface area (Å²) < 4.78 is 2.25. The Labute approximate surface area is 86.2 Å². The molecule has 0 spiro atoms. The van der Waals surface area contributed by atoms with E-state index in [9.17, 15) is 14.4 Å². The van der Waals surface area contributed by atoms with Gasteiger partial charge in [-0.15, -0.1) is 5.10 Å². The van der Waals surface area contributed by atoms with Gasteiger partial charge in [-0.25, -0.2) is 4.79 Å². The SMILES string of the molecule is Cn1c(=O)c2sc(=O)nnc2n(C)c1=O. The Morgan fingerprint density at radius 3 is 2.40 bits per heavy atom. The van der Waals surface area contributed by atoms with Crippen LogP contribution in [0.3, 0.4) is 0 Å². The summed E-state index contributed by atoms with van der Waals surface area (Å²) in [6.07, 6.45) is 0. The maximum absolute atomic E-state index is 11.6. The van der Waals surface area contributed by atoms with Gasteiger partial charge in [0.05, 0.1) is 0 Å². The number of aryl methyl sites for hydroxylation is 1. The summed E-state index contributed by atoms with van der Waals surface area (Å²) in [6, 6.07) is 0. The van der Waals surface area contributed by atoms with Crippen molar-refractivity contribution >= 4 is 21.7 Å². The topological polar surface area (TPSA) is 86.8 Å². The minimum absolute atomic E-state index is 0.132. The summed E-state index contributed by atoms with van der Waals surface area (Å²) in [5.74, 6) is 0. The molecule has 2 aromatic rings. The van der Waals surface area contributed by atoms with Gasteiger partial charge < -0.3 is 0 Å². The van der Waals surface area contributed by atoms with Gasteiger partial charge >= 0.3 is 10.6 Å². The van der Waals surface area contributed by atoms with Crippen LogP contribution in [0.2, 0.25) is 0 Å². The predicted octanol–water partition coefficient (Wildman–Crippen LogP) is -1.55. The lowest BCUT2D eigenvalue weighted by Gasteiger charge is -2.03. The Kier molecular flexibility index (Phi) is 2.00. The lowest BCUT2D eigenvalue weighted by Crippen LogP contribution is -2.37. The highest BCUT2D eigenvalue weighted by Gasteiger charge is 2.10. The zero-order valence-corrected chi connectivity index (χ0v) is 8.74. The van der Waals surface area contributed by atoms with Gasteiger partial charge in [-0.3, -0.25) is 18.7 Å². The van der Waals surface area contributed by atoms with Crippen LogP contribution in [0.5, 0.6) is 0 Å². The summed E-state index contributed by atoms with van der Waals surface area (Å²) >= 11 is 0.683. The van der Waals surface area contributed by atoms with Crippen LogP contribution in [0.1, 0.15) is 0 Å². The molecule has 0 amide bonds. The normalized spacial score (nSPS) is 10.8. The summed E-state index contributed by atoms with van der Waals surface area (Å²) in [5, 5.41) is 6.83. The Balaban J connectivity index is 3.22. The molecule has 0 aliphatic carbocycles. The summed E-state index contributed by atoms with van der Waals surface area (Å²) in [7, 11) is 2.82. The number of aromatic nitrogens is 4. The summed E-state index contributed by atoms with van der Waals surface area (Å²) in [4.78, 5) is 33.5. The van der Waals surface area contributed by atoms with Crippen LogP contribution < -0.4 is 16.1 Å². The third-order valence-corrected chi connectivity index (χ3v) is 2.83. The van der Waals surface area contributed by atoms with Gasteiger partial charge in [0.15, 0.2) is 5.65 Å². The van der Waals surface area contributed by atoms with E-state index in [0.717, 1.165) is 4.57 Å². The summed E-state index contributed by atoms with van der Waals surface area (Å²) in [5.41, 5.74) is -0.884. The van der Waals surface area contributed by atoms with Gasteiger partial charge in [0.25, 0.3) is 5.56 Å². The van der Waals surface area contributed by atoms with Crippen LogP contribution in [0.25, 0.3) is 10.3 Å². The molecule has 7 nitrogen and oxygen atoms in total. The van der Waals surface area contributed by atoms with Crippen molar-refractivity contribution in [2.45, 2.75) is 0 Å². The number of hydrogen-bond donors (Lipinski definition) is 0. The van der Waals surface area contributed by atoms with Crippen LogP contribution in [-0.4, -0.2) is 19.3 Å². The zero-order valence-electron chi connectivity index (χ0n) is 7.92. The van der Waals surface area contributed by atoms with Crippen molar-refractivity contribution in [2.75, 3.05) is 0 Å². The molecule has 8 heteroatoms. The van der Waals surface area contributed by atoms with Crippen molar-refractivity contribution in [1.29, 1.82) is 0 Å². The monoisotopic (exact) mass is 226 g/mol. The van der Waals surface area contributed by atoms with E-state index in [1.807, 2.05) is 0 Å². The molecule has 0 fully saturated rings. The van der Waals surface area contributed by atoms with Crippen LogP contribution in [0, 0.1) is 0 Å². The maximum Gasteiger partial charge on any atom is 0.345 e. The van der Waals surface area contributed by atoms with Crippen molar-refractivity contribution in [1.82, 2.24) is 19.3 Å².